The fourth-order valence-electron chi connectivity index (χ4n) is 9.04. The van der Waals surface area contributed by atoms with Crippen LogP contribution in [0.25, 0.3) is 75.8 Å². The van der Waals surface area contributed by atoms with Crippen LogP contribution in [-0.2, 0) is 23.9 Å². The van der Waals surface area contributed by atoms with E-state index in [4.69, 9.17) is 9.97 Å². The van der Waals surface area contributed by atoms with E-state index in [-0.39, 0.29) is 10.8 Å². The zero-order chi connectivity index (χ0) is 40.9. The van der Waals surface area contributed by atoms with Crippen LogP contribution in [0.3, 0.4) is 0 Å². The summed E-state index contributed by atoms with van der Waals surface area (Å²) in [6.07, 6.45) is 15.1. The Hall–Kier alpha value is -2.78. The van der Waals surface area contributed by atoms with Gasteiger partial charge in [0.2, 0.25) is 0 Å². The summed E-state index contributed by atoms with van der Waals surface area (Å²) in [5, 5.41) is 7.84. The van der Waals surface area contributed by atoms with Crippen LogP contribution in [0.4, 0.5) is 0 Å². The fourth-order valence-corrected chi connectivity index (χ4v) is 11.8. The molecule has 8 heteroatoms. The lowest BCUT2D eigenvalue weighted by Crippen LogP contribution is -2.12. The molecule has 4 nitrogen and oxygen atoms in total. The molecule has 0 fully saturated rings. The van der Waals surface area contributed by atoms with E-state index in [0.717, 1.165) is 56.2 Å². The van der Waals surface area contributed by atoms with Crippen molar-refractivity contribution in [1.82, 2.24) is 19.1 Å². The number of halogens is 2. The number of thiophene rings is 2. The maximum absolute atomic E-state index is 5.74. The van der Waals surface area contributed by atoms with E-state index in [1.54, 1.807) is 22.7 Å². The molecule has 0 radical (unpaired) electrons. The molecule has 0 unspecified atom stereocenters. The van der Waals surface area contributed by atoms with Gasteiger partial charge >= 0.3 is 0 Å². The quantitative estimate of drug-likeness (QED) is 0.0715. The Morgan fingerprint density at radius 2 is 0.862 bits per heavy atom. The number of aryl methyl sites for hydroxylation is 2. The summed E-state index contributed by atoms with van der Waals surface area (Å²) in [5.41, 5.74) is 7.38. The molecule has 0 N–H and O–H groups in total. The fraction of sp³-hybridized carbons (Fsp3) is 0.480. The standard InChI is InChI=1S/C50H60Br2N4S2/c1-9-11-13-15-17-19-25-55-45-35-29-32(50(6,7)8)30-36-42(35)41-33(43(45)53-47(55)37-21-23-39(51)57-37)27-31(49(3,4)5)28-34(41)44-46(36)56(26-20-18-16-14-12-10-2)48(54-44)38-22-24-40(52)58-38/h21-24,27-30H,9-20,25-26H2,1-8H3. The first-order valence-electron chi connectivity index (χ1n) is 21.9. The second-order valence-electron chi connectivity index (χ2n) is 18.7. The normalized spacial score (nSPS) is 12.9. The molecule has 0 saturated heterocycles. The monoisotopic (exact) mass is 938 g/mol. The van der Waals surface area contributed by atoms with Crippen LogP contribution in [0.1, 0.15) is 144 Å². The minimum Gasteiger partial charge on any atom is -0.323 e. The SMILES string of the molecule is CCCCCCCCn1c(-c2ccc(Br)s2)nc2c3cc(C(C)(C)C)cc4c5nc(-c6ccc(Br)s6)n(CCCCCCCC)c5c5cc(C(C)(C)C)cc(c5c34)c21. The molecule has 8 aromatic rings. The summed E-state index contributed by atoms with van der Waals surface area (Å²) in [5.74, 6) is 2.18. The molecule has 0 aliphatic heterocycles. The Morgan fingerprint density at radius 1 is 0.500 bits per heavy atom. The number of aromatic nitrogens is 4. The van der Waals surface area contributed by atoms with E-state index in [9.17, 15) is 0 Å². The Morgan fingerprint density at radius 3 is 1.22 bits per heavy atom. The molecule has 0 bridgehead atoms. The number of hydrogen-bond donors (Lipinski definition) is 0. The van der Waals surface area contributed by atoms with Crippen molar-refractivity contribution in [2.75, 3.05) is 0 Å². The Balaban J connectivity index is 1.51. The molecule has 4 aromatic heterocycles. The van der Waals surface area contributed by atoms with E-state index in [1.807, 2.05) is 0 Å². The van der Waals surface area contributed by atoms with Crippen LogP contribution in [0, 0.1) is 0 Å². The molecule has 0 aliphatic rings. The number of benzene rings is 4. The zero-order valence-corrected chi connectivity index (χ0v) is 40.7. The number of unbranched alkanes of at least 4 members (excludes halogenated alkanes) is 10. The van der Waals surface area contributed by atoms with Crippen molar-refractivity contribution >= 4 is 109 Å². The minimum absolute atomic E-state index is 0.0559. The molecule has 0 spiro atoms. The van der Waals surface area contributed by atoms with Crippen molar-refractivity contribution in [3.8, 4) is 21.4 Å². The van der Waals surface area contributed by atoms with Crippen LogP contribution >= 0.6 is 54.5 Å². The Labute approximate surface area is 370 Å². The number of rotatable bonds is 16. The van der Waals surface area contributed by atoms with Gasteiger partial charge in [0.1, 0.15) is 0 Å². The molecule has 8 rings (SSSR count). The number of fused-ring (bicyclic) bond motifs is 6. The van der Waals surface area contributed by atoms with Gasteiger partial charge in [-0.2, -0.15) is 0 Å². The van der Waals surface area contributed by atoms with E-state index < -0.39 is 0 Å². The molecule has 0 saturated carbocycles. The van der Waals surface area contributed by atoms with Gasteiger partial charge in [-0.25, -0.2) is 9.97 Å². The number of imidazole rings is 2. The summed E-state index contributed by atoms with van der Waals surface area (Å²) < 4.78 is 7.50. The number of nitrogens with zero attached hydrogens (tertiary/aromatic N) is 4. The van der Waals surface area contributed by atoms with Gasteiger partial charge in [0.25, 0.3) is 0 Å². The van der Waals surface area contributed by atoms with Crippen molar-refractivity contribution in [2.45, 2.75) is 156 Å². The predicted octanol–water partition coefficient (Wildman–Crippen LogP) is 17.6. The van der Waals surface area contributed by atoms with Crippen molar-refractivity contribution in [3.05, 3.63) is 67.2 Å². The summed E-state index contributed by atoms with van der Waals surface area (Å²) in [4.78, 5) is 13.9. The molecular weight excluding hydrogens is 881 g/mol. The van der Waals surface area contributed by atoms with Crippen LogP contribution in [-0.4, -0.2) is 19.1 Å². The van der Waals surface area contributed by atoms with Crippen molar-refractivity contribution in [3.63, 3.8) is 0 Å². The predicted molar refractivity (Wildman–Crippen MR) is 263 cm³/mol. The Kier molecular flexibility index (Phi) is 12.2. The van der Waals surface area contributed by atoms with Crippen molar-refractivity contribution in [1.29, 1.82) is 0 Å². The van der Waals surface area contributed by atoms with Gasteiger partial charge in [0, 0.05) is 45.4 Å². The van der Waals surface area contributed by atoms with Gasteiger partial charge in [0.05, 0.1) is 39.4 Å². The van der Waals surface area contributed by atoms with E-state index in [2.05, 4.69) is 145 Å². The van der Waals surface area contributed by atoms with Gasteiger partial charge in [-0.05, 0) is 115 Å². The first kappa shape index (κ1) is 41.9. The maximum atomic E-state index is 5.74. The lowest BCUT2D eigenvalue weighted by molar-refractivity contribution is 0.566. The maximum Gasteiger partial charge on any atom is 0.151 e. The van der Waals surface area contributed by atoms with Gasteiger partial charge in [-0.15, -0.1) is 22.7 Å². The summed E-state index contributed by atoms with van der Waals surface area (Å²) >= 11 is 11.2. The first-order chi connectivity index (χ1) is 27.8. The van der Waals surface area contributed by atoms with Crippen LogP contribution in [0.5, 0.6) is 0 Å². The van der Waals surface area contributed by atoms with Gasteiger partial charge < -0.3 is 9.13 Å². The number of hydrogen-bond acceptors (Lipinski definition) is 4. The van der Waals surface area contributed by atoms with Crippen LogP contribution in [0.2, 0.25) is 0 Å². The lowest BCUT2D eigenvalue weighted by Gasteiger charge is -2.25. The highest BCUT2D eigenvalue weighted by Crippen LogP contribution is 2.50. The van der Waals surface area contributed by atoms with Crippen LogP contribution in [0.15, 0.2) is 56.1 Å². The van der Waals surface area contributed by atoms with E-state index in [0.29, 0.717) is 0 Å². The van der Waals surface area contributed by atoms with Gasteiger partial charge in [-0.1, -0.05) is 120 Å². The third-order valence-electron chi connectivity index (χ3n) is 12.3. The van der Waals surface area contributed by atoms with E-state index in [1.165, 1.54) is 128 Å². The average Bonchev–Trinajstić information content (AvgIpc) is 3.98. The van der Waals surface area contributed by atoms with Gasteiger partial charge in [-0.3, -0.25) is 0 Å². The Bertz CT molecular complexity index is 2550. The average molecular weight is 941 g/mol. The molecule has 4 heterocycles. The molecule has 0 amide bonds. The topological polar surface area (TPSA) is 35.6 Å². The molecule has 4 aromatic carbocycles. The highest BCUT2D eigenvalue weighted by atomic mass is 79.9. The largest absolute Gasteiger partial charge is 0.323 e. The summed E-state index contributed by atoms with van der Waals surface area (Å²) in [6, 6.07) is 18.9. The molecule has 58 heavy (non-hydrogen) atoms. The molecular formula is C50H60Br2N4S2. The third-order valence-corrected chi connectivity index (χ3v) is 15.5. The van der Waals surface area contributed by atoms with Crippen molar-refractivity contribution in [2.24, 2.45) is 0 Å². The molecule has 0 atom stereocenters. The van der Waals surface area contributed by atoms with E-state index >= 15 is 0 Å². The third kappa shape index (κ3) is 7.94. The summed E-state index contributed by atoms with van der Waals surface area (Å²) in [7, 11) is 0. The van der Waals surface area contributed by atoms with Crippen molar-refractivity contribution < 1.29 is 0 Å². The van der Waals surface area contributed by atoms with Gasteiger partial charge in [0.15, 0.2) is 11.6 Å². The minimum atomic E-state index is -0.0620. The second-order valence-corrected chi connectivity index (χ2v) is 23.6. The zero-order valence-electron chi connectivity index (χ0n) is 35.9. The molecule has 306 valence electrons. The summed E-state index contributed by atoms with van der Waals surface area (Å²) in [6.45, 7) is 20.7. The van der Waals surface area contributed by atoms with Crippen LogP contribution < -0.4 is 0 Å². The first-order valence-corrected chi connectivity index (χ1v) is 25.1. The lowest BCUT2D eigenvalue weighted by atomic mass is 9.80. The molecule has 0 aliphatic carbocycles. The smallest absolute Gasteiger partial charge is 0.151 e. The second kappa shape index (κ2) is 16.9. The highest BCUT2D eigenvalue weighted by Gasteiger charge is 2.30. The highest BCUT2D eigenvalue weighted by molar-refractivity contribution is 9.11.